The number of nitrogens with one attached hydrogen (secondary N) is 2. The highest BCUT2D eigenvalue weighted by Crippen LogP contribution is 2.42. The Bertz CT molecular complexity index is 2600. The zero-order valence-electron chi connectivity index (χ0n) is 58.2. The van der Waals surface area contributed by atoms with Crippen LogP contribution in [0.1, 0.15) is 21.0 Å². The number of hydrogen-bond donors (Lipinski definition) is 2. The fraction of sp³-hybridized carbons (Fsp3) is 0.812. The summed E-state index contributed by atoms with van der Waals surface area (Å²) in [4.78, 5) is 38.8. The molecule has 554 valence electrons. The number of aromatic nitrogens is 2. The highest BCUT2D eigenvalue weighted by Gasteiger charge is 2.61. The summed E-state index contributed by atoms with van der Waals surface area (Å²) in [6.07, 6.45) is -34.0. The number of carbonyl (C=O) groups is 2. The van der Waals surface area contributed by atoms with Gasteiger partial charge in [0.2, 0.25) is 0 Å². The molecule has 2 N–H and O–H groups in total. The number of rotatable bonds is 20. The molecule has 13 aliphatic heterocycles. The molecular weight excluding hydrogens is 1300 g/mol. The summed E-state index contributed by atoms with van der Waals surface area (Å²) >= 11 is 0. The van der Waals surface area contributed by atoms with E-state index >= 15 is 0 Å². The second-order valence-electron chi connectivity index (χ2n) is 24.3. The molecule has 2 aromatic heterocycles. The third-order valence-electron chi connectivity index (χ3n) is 19.0. The van der Waals surface area contributed by atoms with Gasteiger partial charge in [-0.2, -0.15) is 0 Å². The lowest BCUT2D eigenvalue weighted by molar-refractivity contribution is -0.408. The van der Waals surface area contributed by atoms with E-state index < -0.39 is 196 Å². The summed E-state index contributed by atoms with van der Waals surface area (Å²) in [7, 11) is 23.6. The Morgan fingerprint density at radius 2 is 0.510 bits per heavy atom. The molecule has 2 aromatic rings. The van der Waals surface area contributed by atoms with E-state index in [-0.39, 0.29) is 62.3 Å². The Balaban J connectivity index is 1.17. The lowest BCUT2D eigenvalue weighted by atomic mass is 9.94. The first kappa shape index (κ1) is 76.8. The first-order valence-electron chi connectivity index (χ1n) is 32.4. The van der Waals surface area contributed by atoms with E-state index in [1.165, 1.54) is 126 Å². The lowest BCUT2D eigenvalue weighted by Gasteiger charge is -2.53. The van der Waals surface area contributed by atoms with Crippen molar-refractivity contribution in [2.24, 2.45) is 0 Å². The first-order chi connectivity index (χ1) is 47.7. The van der Waals surface area contributed by atoms with Crippen molar-refractivity contribution in [2.75, 3.05) is 153 Å². The van der Waals surface area contributed by atoms with Crippen molar-refractivity contribution in [3.63, 3.8) is 0 Å². The number of pyridine rings is 2. The van der Waals surface area contributed by atoms with Gasteiger partial charge in [0, 0.05) is 127 Å². The van der Waals surface area contributed by atoms with Crippen molar-refractivity contribution in [1.29, 1.82) is 0 Å². The summed E-state index contributed by atoms with van der Waals surface area (Å²) in [5.74, 6) is -1.26. The quantitative estimate of drug-likeness (QED) is 0.161. The molecule has 0 aliphatic carbocycles. The fourth-order valence-corrected chi connectivity index (χ4v) is 14.4. The van der Waals surface area contributed by atoms with Gasteiger partial charge in [0.15, 0.2) is 37.7 Å². The maximum absolute atomic E-state index is 14.7. The van der Waals surface area contributed by atoms with Crippen LogP contribution in [-0.2, 0) is 133 Å². The van der Waals surface area contributed by atoms with Crippen molar-refractivity contribution < 1.29 is 142 Å². The number of amides is 2. The summed E-state index contributed by atoms with van der Waals surface area (Å²) in [6.45, 7) is -0.921. The number of hydrogen-bond acceptors (Lipinski definition) is 32. The Morgan fingerprint density at radius 3 is 0.745 bits per heavy atom. The van der Waals surface area contributed by atoms with Gasteiger partial charge in [-0.25, -0.2) is 9.97 Å². The van der Waals surface area contributed by atoms with Crippen LogP contribution in [-0.4, -0.2) is 359 Å². The Labute approximate surface area is 569 Å². The maximum Gasteiger partial charge on any atom is 0.269 e. The Kier molecular flexibility index (Phi) is 28.2. The molecule has 0 aromatic carbocycles. The highest BCUT2D eigenvalue weighted by molar-refractivity contribution is 5.93. The van der Waals surface area contributed by atoms with Crippen molar-refractivity contribution in [3.8, 4) is 11.4 Å². The molecule has 2 amide bonds. The molecule has 15 rings (SSSR count). The molecule has 98 heavy (non-hydrogen) atoms. The zero-order chi connectivity index (χ0) is 69.9. The van der Waals surface area contributed by atoms with Gasteiger partial charge in [0.1, 0.15) is 158 Å². The van der Waals surface area contributed by atoms with E-state index in [1.807, 2.05) is 0 Å². The molecule has 30 unspecified atom stereocenters. The summed E-state index contributed by atoms with van der Waals surface area (Å²) in [6, 6.07) is 9.64. The number of carbonyl (C=O) groups excluding carboxylic acids is 2. The topological polar surface area (TPSA) is 342 Å². The van der Waals surface area contributed by atoms with Crippen molar-refractivity contribution >= 4 is 11.8 Å². The van der Waals surface area contributed by atoms with Crippen LogP contribution in [0.25, 0.3) is 11.4 Å². The predicted molar refractivity (Wildman–Crippen MR) is 330 cm³/mol. The molecule has 15 heterocycles. The summed E-state index contributed by atoms with van der Waals surface area (Å²) in [5.41, 5.74) is 0.475. The van der Waals surface area contributed by atoms with E-state index in [1.54, 1.807) is 24.3 Å². The summed E-state index contributed by atoms with van der Waals surface area (Å²) in [5, 5.41) is 6.00. The van der Waals surface area contributed by atoms with Crippen LogP contribution in [0.5, 0.6) is 0 Å². The molecule has 6 fully saturated rings. The summed E-state index contributed by atoms with van der Waals surface area (Å²) < 4.78 is 184. The predicted octanol–water partition coefficient (Wildman–Crippen LogP) is -0.943. The Morgan fingerprint density at radius 1 is 0.296 bits per heavy atom. The van der Waals surface area contributed by atoms with Gasteiger partial charge < -0.3 is 143 Å². The Hall–Kier alpha value is -3.88. The highest BCUT2D eigenvalue weighted by atomic mass is 16.8. The van der Waals surface area contributed by atoms with Crippen LogP contribution in [0.4, 0.5) is 0 Å². The second-order valence-corrected chi connectivity index (χ2v) is 24.3. The van der Waals surface area contributed by atoms with Gasteiger partial charge >= 0.3 is 0 Å². The molecular formula is C64H98N4O30. The number of ether oxygens (including phenoxy) is 28. The largest absolute Gasteiger partial charge is 0.382 e. The van der Waals surface area contributed by atoms with E-state index in [9.17, 15) is 9.59 Å². The van der Waals surface area contributed by atoms with Crippen LogP contribution in [0, 0.1) is 0 Å². The van der Waals surface area contributed by atoms with Gasteiger partial charge in [0.05, 0.1) is 37.8 Å². The standard InChI is InChI=1S/C64H98N4O30/c1-71-25-35-41-47(77-7)55(85-15)63(91-35)97-43-37(27-73-3)89-61(53(83-13)49(43)79-9)94-40-34-24-66-58(70)32-22-18-20-30(68-32)29-19-17-21-31(67-29)57(69)65-23-33-39(45(75-5)51(81-11)59(87-33)95-41)93-62-54(84-14)50(80-10)44(38(90-62)28-74-4)98-64-56(86-16)48(78-8)42(36(92-64)26-72-2)96-60(88-34)52(82-12)46(40)76-6/h17-22,33-56,59-64H,23-28H2,1-16H3,(H,65,69)(H,66,70). The molecule has 0 radical (unpaired) electrons. The molecule has 16 bridgehead atoms. The van der Waals surface area contributed by atoms with Gasteiger partial charge in [0.25, 0.3) is 11.8 Å². The monoisotopic (exact) mass is 1400 g/mol. The van der Waals surface area contributed by atoms with Crippen LogP contribution < -0.4 is 10.6 Å². The van der Waals surface area contributed by atoms with E-state index in [0.717, 1.165) is 0 Å². The average molecular weight is 1400 g/mol. The minimum atomic E-state index is -1.37. The van der Waals surface area contributed by atoms with Crippen LogP contribution in [0.3, 0.4) is 0 Å². The van der Waals surface area contributed by atoms with E-state index in [2.05, 4.69) is 10.6 Å². The molecule has 0 spiro atoms. The van der Waals surface area contributed by atoms with Crippen molar-refractivity contribution in [3.05, 3.63) is 47.8 Å². The van der Waals surface area contributed by atoms with E-state index in [4.69, 9.17) is 143 Å². The normalized spacial score (nSPS) is 41.9. The SMILES string of the molecule is COCC1OC2OC3C(COC)OC(OC4C5CNC(=O)c6cccc(n6)-c6cccc(n6)C(=O)NCC6OC(OC1C(OC)C2OC)C(OC)C(OC)C6OC1OC(COC)C(OC2OC(COC)C(OC(O5)C(OC)C4OC)C(OC)C2OC)C(OC)C1OC)C(OC)C3OC. The number of nitrogens with zero attached hydrogens (tertiary/aromatic N) is 2. The maximum atomic E-state index is 14.7. The average Bonchev–Trinajstić information content (AvgIpc) is 0.766. The molecule has 34 heteroatoms. The number of fused-ring (bicyclic) bond motifs is 2. The van der Waals surface area contributed by atoms with Gasteiger partial charge in [-0.3, -0.25) is 9.59 Å². The second kappa shape index (κ2) is 36.0. The number of methoxy groups -OCH3 is 16. The third kappa shape index (κ3) is 16.1. The minimum Gasteiger partial charge on any atom is -0.382 e. The van der Waals surface area contributed by atoms with Crippen LogP contribution >= 0.6 is 0 Å². The van der Waals surface area contributed by atoms with Gasteiger partial charge in [-0.05, 0) is 24.3 Å². The lowest BCUT2D eigenvalue weighted by Crippen LogP contribution is -2.70. The van der Waals surface area contributed by atoms with Crippen molar-refractivity contribution in [2.45, 2.75) is 184 Å². The first-order valence-corrected chi connectivity index (χ1v) is 32.4. The smallest absolute Gasteiger partial charge is 0.269 e. The zero-order valence-corrected chi connectivity index (χ0v) is 58.2. The molecule has 0 saturated carbocycles. The fourth-order valence-electron chi connectivity index (χ4n) is 14.4. The molecule has 13 aliphatic rings. The molecule has 34 nitrogen and oxygen atoms in total. The van der Waals surface area contributed by atoms with Crippen LogP contribution in [0.2, 0.25) is 0 Å². The minimum absolute atomic E-state index is 0.0186. The van der Waals surface area contributed by atoms with Crippen molar-refractivity contribution in [1.82, 2.24) is 20.6 Å². The molecule has 30 atom stereocenters. The molecule has 6 saturated heterocycles. The van der Waals surface area contributed by atoms with Gasteiger partial charge in [-0.15, -0.1) is 0 Å². The van der Waals surface area contributed by atoms with Gasteiger partial charge in [-0.1, -0.05) is 12.1 Å². The van der Waals surface area contributed by atoms with E-state index in [0.29, 0.717) is 0 Å². The third-order valence-corrected chi connectivity index (χ3v) is 19.0. The van der Waals surface area contributed by atoms with Crippen LogP contribution in [0.15, 0.2) is 36.4 Å².